The van der Waals surface area contributed by atoms with Crippen LogP contribution in [0.15, 0.2) is 91.0 Å². The molecule has 2 saturated heterocycles. The number of amides is 2. The molecule has 2 amide bonds. The number of nitrogens with one attached hydrogen (secondary N) is 1. The maximum Gasteiger partial charge on any atom is 0.332 e. The molecular weight excluding hydrogens is 644 g/mol. The lowest BCUT2D eigenvalue weighted by Gasteiger charge is -2.45. The van der Waals surface area contributed by atoms with Crippen LogP contribution >= 0.6 is 0 Å². The monoisotopic (exact) mass is 684 g/mol. The Balaban J connectivity index is 1.37. The Morgan fingerprint density at radius 1 is 0.800 bits per heavy atom. The molecule has 0 aliphatic carbocycles. The number of β-lactam (4-membered cyclic amide) rings is 1. The van der Waals surface area contributed by atoms with Gasteiger partial charge in [-0.25, -0.2) is 4.79 Å². The molecule has 6 atom stereocenters. The van der Waals surface area contributed by atoms with E-state index < -0.39 is 90.1 Å². The van der Waals surface area contributed by atoms with Gasteiger partial charge in [0.15, 0.2) is 12.0 Å². The van der Waals surface area contributed by atoms with Gasteiger partial charge >= 0.3 is 23.9 Å². The Morgan fingerprint density at radius 2 is 1.32 bits per heavy atom. The molecule has 0 spiro atoms. The summed E-state index contributed by atoms with van der Waals surface area (Å²) >= 11 is 0. The fourth-order valence-corrected chi connectivity index (χ4v) is 6.28. The van der Waals surface area contributed by atoms with Crippen molar-refractivity contribution in [3.8, 4) is 0 Å². The summed E-state index contributed by atoms with van der Waals surface area (Å²) in [5.41, 5.74) is 0.894. The van der Waals surface area contributed by atoms with Crippen LogP contribution in [0, 0.1) is 11.3 Å². The van der Waals surface area contributed by atoms with Gasteiger partial charge < -0.3 is 29.2 Å². The maximum absolute atomic E-state index is 14.1. The second kappa shape index (κ2) is 14.9. The molecule has 0 saturated carbocycles. The summed E-state index contributed by atoms with van der Waals surface area (Å²) in [4.78, 5) is 80.3. The average molecular weight is 685 g/mol. The summed E-state index contributed by atoms with van der Waals surface area (Å²) in [5.74, 6) is -6.62. The van der Waals surface area contributed by atoms with Gasteiger partial charge in [-0.1, -0.05) is 97.9 Å². The van der Waals surface area contributed by atoms with Crippen molar-refractivity contribution < 1.29 is 47.7 Å². The molecule has 3 aromatic carbocycles. The fourth-order valence-electron chi connectivity index (χ4n) is 6.28. The van der Waals surface area contributed by atoms with Crippen molar-refractivity contribution in [2.24, 2.45) is 11.3 Å². The van der Waals surface area contributed by atoms with E-state index in [0.29, 0.717) is 16.7 Å². The Labute approximate surface area is 290 Å². The van der Waals surface area contributed by atoms with Crippen LogP contribution in [0.25, 0.3) is 0 Å². The predicted molar refractivity (Wildman–Crippen MR) is 178 cm³/mol. The quantitative estimate of drug-likeness (QED) is 0.104. The zero-order valence-electron chi connectivity index (χ0n) is 28.4. The number of esters is 4. The Kier molecular flexibility index (Phi) is 10.7. The van der Waals surface area contributed by atoms with Crippen molar-refractivity contribution >= 4 is 35.7 Å². The van der Waals surface area contributed by atoms with Crippen molar-refractivity contribution in [3.05, 3.63) is 108 Å². The van der Waals surface area contributed by atoms with E-state index in [-0.39, 0.29) is 0 Å². The summed E-state index contributed by atoms with van der Waals surface area (Å²) in [6.07, 6.45) is -1.82. The minimum Gasteiger partial charge on any atom is -0.460 e. The fraction of sp³-hybridized carbons (Fsp3) is 0.368. The van der Waals surface area contributed by atoms with Crippen LogP contribution in [0.5, 0.6) is 0 Å². The van der Waals surface area contributed by atoms with Gasteiger partial charge in [-0.3, -0.25) is 24.0 Å². The third-order valence-corrected chi connectivity index (χ3v) is 8.75. The Bertz CT molecular complexity index is 1680. The van der Waals surface area contributed by atoms with Gasteiger partial charge in [0.05, 0.1) is 11.5 Å². The highest BCUT2D eigenvalue weighted by atomic mass is 16.7. The molecule has 12 heteroatoms. The summed E-state index contributed by atoms with van der Waals surface area (Å²) in [7, 11) is 0. The molecule has 2 aliphatic heterocycles. The SMILES string of the molecule is CC(=O)OC1C(C)C(C(=O)OCOC(=O)C(C)(C)C)N2C(=O)C(NC(=O)C(C(=O)OC(c3ccccc3)c3ccccc3)c3ccccc3)[C@@H]12. The van der Waals surface area contributed by atoms with Crippen LogP contribution in [0.4, 0.5) is 0 Å². The zero-order chi connectivity index (χ0) is 36.2. The molecule has 2 aliphatic rings. The molecule has 2 heterocycles. The highest BCUT2D eigenvalue weighted by molar-refractivity contribution is 6.06. The van der Waals surface area contributed by atoms with E-state index in [1.54, 1.807) is 58.0 Å². The first-order valence-corrected chi connectivity index (χ1v) is 16.3. The zero-order valence-corrected chi connectivity index (χ0v) is 28.4. The van der Waals surface area contributed by atoms with E-state index in [1.807, 2.05) is 60.7 Å². The number of rotatable bonds is 11. The van der Waals surface area contributed by atoms with Gasteiger partial charge in [0, 0.05) is 12.8 Å². The summed E-state index contributed by atoms with van der Waals surface area (Å²) in [6, 6.07) is 23.2. The van der Waals surface area contributed by atoms with Gasteiger partial charge in [0.2, 0.25) is 18.6 Å². The second-order valence-electron chi connectivity index (χ2n) is 13.3. The van der Waals surface area contributed by atoms with Crippen LogP contribution in [-0.2, 0) is 47.7 Å². The van der Waals surface area contributed by atoms with Gasteiger partial charge in [0.25, 0.3) is 0 Å². The largest absolute Gasteiger partial charge is 0.460 e. The molecule has 50 heavy (non-hydrogen) atoms. The van der Waals surface area contributed by atoms with Crippen LogP contribution < -0.4 is 5.32 Å². The van der Waals surface area contributed by atoms with E-state index in [0.717, 1.165) is 0 Å². The molecule has 5 unspecified atom stereocenters. The molecule has 0 aromatic heterocycles. The van der Waals surface area contributed by atoms with E-state index in [2.05, 4.69) is 5.32 Å². The molecule has 12 nitrogen and oxygen atoms in total. The number of hydrogen-bond acceptors (Lipinski definition) is 10. The van der Waals surface area contributed by atoms with Crippen molar-refractivity contribution in [1.29, 1.82) is 0 Å². The number of nitrogens with zero attached hydrogens (tertiary/aromatic N) is 1. The molecule has 3 aromatic rings. The average Bonchev–Trinajstić information content (AvgIpc) is 3.34. The minimum atomic E-state index is -1.47. The van der Waals surface area contributed by atoms with E-state index in [4.69, 9.17) is 18.9 Å². The normalized spacial score (nSPS) is 21.7. The van der Waals surface area contributed by atoms with E-state index in [1.165, 1.54) is 11.8 Å². The predicted octanol–water partition coefficient (Wildman–Crippen LogP) is 3.84. The van der Waals surface area contributed by atoms with Crippen molar-refractivity contribution in [1.82, 2.24) is 10.2 Å². The molecule has 1 N–H and O–H groups in total. The molecule has 2 fully saturated rings. The Morgan fingerprint density at radius 3 is 1.82 bits per heavy atom. The van der Waals surface area contributed by atoms with Crippen LogP contribution in [0.2, 0.25) is 0 Å². The highest BCUT2D eigenvalue weighted by Gasteiger charge is 2.66. The second-order valence-corrected chi connectivity index (χ2v) is 13.3. The number of fused-ring (bicyclic) bond motifs is 1. The number of benzene rings is 3. The molecule has 262 valence electrons. The standard InChI is InChI=1S/C38H40N2O10/c1-22-29(36(45)47-21-48-37(46)38(3,4)5)40-30(31(22)49-23(2)41)28(34(40)43)39-33(42)27(24-15-9-6-10-16-24)35(44)50-32(25-17-11-7-12-18-25)26-19-13-8-14-20-26/h6-20,22,27-32H,21H2,1-5H3,(H,39,42)/t22?,27?,28?,29?,30-,31?/m0/s1. The molecule has 0 bridgehead atoms. The van der Waals surface area contributed by atoms with Gasteiger partial charge in [-0.2, -0.15) is 0 Å². The van der Waals surface area contributed by atoms with Crippen molar-refractivity contribution in [3.63, 3.8) is 0 Å². The maximum atomic E-state index is 14.1. The van der Waals surface area contributed by atoms with E-state index >= 15 is 0 Å². The smallest absolute Gasteiger partial charge is 0.332 e. The van der Waals surface area contributed by atoms with Gasteiger partial charge in [-0.05, 0) is 37.5 Å². The summed E-state index contributed by atoms with van der Waals surface area (Å²) in [6.45, 7) is 7.07. The number of ether oxygens (including phenoxy) is 4. The van der Waals surface area contributed by atoms with Crippen molar-refractivity contribution in [2.45, 2.75) is 70.9 Å². The lowest BCUT2D eigenvalue weighted by atomic mass is 9.90. The first-order valence-electron chi connectivity index (χ1n) is 16.3. The first-order chi connectivity index (χ1) is 23.8. The third kappa shape index (κ3) is 7.54. The molecule has 0 radical (unpaired) electrons. The Hall–Kier alpha value is -5.52. The topological polar surface area (TPSA) is 155 Å². The van der Waals surface area contributed by atoms with E-state index in [9.17, 15) is 28.8 Å². The first kappa shape index (κ1) is 35.8. The molecular formula is C38H40N2O10. The van der Waals surface area contributed by atoms with Gasteiger partial charge in [0.1, 0.15) is 18.2 Å². The van der Waals surface area contributed by atoms with Crippen molar-refractivity contribution in [2.75, 3.05) is 6.79 Å². The van der Waals surface area contributed by atoms with Gasteiger partial charge in [-0.15, -0.1) is 0 Å². The van der Waals surface area contributed by atoms with Crippen LogP contribution in [0.1, 0.15) is 63.3 Å². The third-order valence-electron chi connectivity index (χ3n) is 8.75. The highest BCUT2D eigenvalue weighted by Crippen LogP contribution is 2.42. The summed E-state index contributed by atoms with van der Waals surface area (Å²) in [5, 5.41) is 2.68. The lowest BCUT2D eigenvalue weighted by molar-refractivity contribution is -0.180. The minimum absolute atomic E-state index is 0.334. The lowest BCUT2D eigenvalue weighted by Crippen LogP contribution is -2.73. The van der Waals surface area contributed by atoms with Crippen LogP contribution in [-0.4, -0.2) is 71.6 Å². The summed E-state index contributed by atoms with van der Waals surface area (Å²) < 4.78 is 21.9. The van der Waals surface area contributed by atoms with Crippen LogP contribution in [0.3, 0.4) is 0 Å². The number of carbonyl (C=O) groups is 6. The number of hydrogen-bond donors (Lipinski definition) is 1. The molecule has 5 rings (SSSR count). The number of carbonyl (C=O) groups excluding carboxylic acids is 6.